The van der Waals surface area contributed by atoms with Crippen LogP contribution in [0.15, 0.2) is 21.0 Å². The van der Waals surface area contributed by atoms with Gasteiger partial charge in [-0.25, -0.2) is 4.01 Å². The van der Waals surface area contributed by atoms with Crippen LogP contribution in [0.4, 0.5) is 0 Å². The fourth-order valence-corrected chi connectivity index (χ4v) is 0.380. The lowest BCUT2D eigenvalue weighted by molar-refractivity contribution is 0.0953. The number of rotatable bonds is 0. The molecule has 0 aromatic carbocycles. The van der Waals surface area contributed by atoms with Gasteiger partial charge in [-0.1, -0.05) is 0 Å². The van der Waals surface area contributed by atoms with Crippen LogP contribution in [0, 0.1) is 0 Å². The summed E-state index contributed by atoms with van der Waals surface area (Å²) in [4.78, 5) is 0. The summed E-state index contributed by atoms with van der Waals surface area (Å²) >= 11 is 1.04. The van der Waals surface area contributed by atoms with E-state index in [1.54, 1.807) is 6.20 Å². The minimum Gasteiger partial charge on any atom is -0.283 e. The summed E-state index contributed by atoms with van der Waals surface area (Å²) in [5.74, 6) is 0. The summed E-state index contributed by atoms with van der Waals surface area (Å²) in [6, 6.07) is 0. The molecule has 0 unspecified atom stereocenters. The van der Waals surface area contributed by atoms with E-state index in [1.807, 2.05) is 0 Å². The molecule has 1 heterocycles. The molecule has 1 N–H and O–H groups in total. The maximum atomic E-state index is 4.29. The SMILES string of the molecule is c1coos[nH]1. The highest BCUT2D eigenvalue weighted by atomic mass is 32.1. The average molecular weight is 105 g/mol. The van der Waals surface area contributed by atoms with Gasteiger partial charge < -0.3 is 0 Å². The Kier molecular flexibility index (Phi) is 1.01. The van der Waals surface area contributed by atoms with Crippen molar-refractivity contribution in [3.8, 4) is 0 Å². The van der Waals surface area contributed by atoms with Gasteiger partial charge in [0.25, 0.3) is 0 Å². The molecule has 0 amide bonds. The molecular weight excluding hydrogens is 102 g/mol. The fourth-order valence-electron chi connectivity index (χ4n) is 0.145. The number of nitrogens with one attached hydrogen (secondary N) is 1. The molecule has 0 bridgehead atoms. The van der Waals surface area contributed by atoms with E-state index in [0.717, 1.165) is 11.8 Å². The highest BCUT2D eigenvalue weighted by Gasteiger charge is 1.59. The van der Waals surface area contributed by atoms with Crippen LogP contribution in [0.2, 0.25) is 0 Å². The van der Waals surface area contributed by atoms with Crippen molar-refractivity contribution in [2.75, 3.05) is 0 Å². The van der Waals surface area contributed by atoms with E-state index >= 15 is 0 Å². The summed E-state index contributed by atoms with van der Waals surface area (Å²) < 4.78 is 11.3. The van der Waals surface area contributed by atoms with Gasteiger partial charge in [0.05, 0.1) is 6.20 Å². The summed E-state index contributed by atoms with van der Waals surface area (Å²) in [5.41, 5.74) is 0. The molecule has 0 fully saturated rings. The van der Waals surface area contributed by atoms with Gasteiger partial charge in [0.1, 0.15) is 0 Å². The lowest BCUT2D eigenvalue weighted by Crippen LogP contribution is -1.52. The summed E-state index contributed by atoms with van der Waals surface area (Å²) in [6.45, 7) is 0. The third-order valence-electron chi connectivity index (χ3n) is 0.313. The first-order chi connectivity index (χ1) is 3.00. The van der Waals surface area contributed by atoms with Crippen molar-refractivity contribution in [1.29, 1.82) is 0 Å². The van der Waals surface area contributed by atoms with E-state index in [4.69, 9.17) is 0 Å². The Labute approximate surface area is 38.2 Å². The van der Waals surface area contributed by atoms with E-state index in [0.29, 0.717) is 0 Å². The van der Waals surface area contributed by atoms with Crippen molar-refractivity contribution in [2.45, 2.75) is 0 Å². The molecular formula is C2H3NO2S. The number of hydrogen-bond acceptors (Lipinski definition) is 3. The molecule has 6 heavy (non-hydrogen) atoms. The molecule has 34 valence electrons. The predicted molar refractivity (Wildman–Crippen MR) is 20.8 cm³/mol. The third-order valence-corrected chi connectivity index (χ3v) is 0.692. The lowest BCUT2D eigenvalue weighted by Gasteiger charge is -1.71. The van der Waals surface area contributed by atoms with Crippen molar-refractivity contribution in [1.82, 2.24) is 4.37 Å². The van der Waals surface area contributed by atoms with Crippen LogP contribution in [0.25, 0.3) is 0 Å². The Hall–Kier alpha value is -0.640. The second-order valence-electron chi connectivity index (χ2n) is 0.668. The monoisotopic (exact) mass is 105 g/mol. The molecule has 1 aromatic rings. The first-order valence-electron chi connectivity index (χ1n) is 1.40. The molecule has 0 spiro atoms. The van der Waals surface area contributed by atoms with Crippen molar-refractivity contribution in [3.63, 3.8) is 0 Å². The number of aromatic amines is 1. The first-order valence-corrected chi connectivity index (χ1v) is 2.14. The maximum Gasteiger partial charge on any atom is 0.178 e. The van der Waals surface area contributed by atoms with Crippen molar-refractivity contribution in [2.24, 2.45) is 0 Å². The van der Waals surface area contributed by atoms with Crippen LogP contribution in [0.5, 0.6) is 0 Å². The fraction of sp³-hybridized carbons (Fsp3) is 0. The van der Waals surface area contributed by atoms with Crippen LogP contribution >= 0.6 is 11.8 Å². The van der Waals surface area contributed by atoms with E-state index in [9.17, 15) is 0 Å². The quantitative estimate of drug-likeness (QED) is 0.506. The van der Waals surface area contributed by atoms with Crippen LogP contribution in [0.3, 0.4) is 0 Å². The Bertz CT molecular complexity index is 83.5. The van der Waals surface area contributed by atoms with E-state index in [2.05, 4.69) is 13.0 Å². The molecule has 0 aliphatic carbocycles. The highest BCUT2D eigenvalue weighted by Crippen LogP contribution is 1.83. The number of aromatic nitrogens is 1. The molecule has 1 rings (SSSR count). The molecule has 1 aromatic heterocycles. The first kappa shape index (κ1) is 3.55. The number of H-pyrrole nitrogens is 1. The minimum atomic E-state index is 1.04. The predicted octanol–water partition coefficient (Wildman–Crippen LogP) is 1.39. The molecule has 3 nitrogen and oxygen atoms in total. The van der Waals surface area contributed by atoms with Gasteiger partial charge in [0, 0.05) is 0 Å². The molecule has 4 heteroatoms. The van der Waals surface area contributed by atoms with Gasteiger partial charge in [-0.2, -0.15) is 0 Å². The van der Waals surface area contributed by atoms with Gasteiger partial charge in [-0.3, -0.25) is 8.95 Å². The second-order valence-corrected chi connectivity index (χ2v) is 1.21. The van der Waals surface area contributed by atoms with Gasteiger partial charge in [-0.05, 0) is 0 Å². The summed E-state index contributed by atoms with van der Waals surface area (Å²) in [6.07, 6.45) is 3.05. The van der Waals surface area contributed by atoms with Gasteiger partial charge in [-0.15, -0.1) is 0 Å². The largest absolute Gasteiger partial charge is 0.283 e. The zero-order valence-corrected chi connectivity index (χ0v) is 3.70. The molecule has 0 aliphatic heterocycles. The Balaban J connectivity index is 3.00. The van der Waals surface area contributed by atoms with Crippen molar-refractivity contribution >= 4 is 11.8 Å². The van der Waals surface area contributed by atoms with E-state index in [-0.39, 0.29) is 0 Å². The standard InChI is InChI=1S/C2H3NO2S/c1-2-4-5-6-3-1/h1-3H. The lowest BCUT2D eigenvalue weighted by atomic mass is 11.0. The Morgan fingerprint density at radius 3 is 2.83 bits per heavy atom. The van der Waals surface area contributed by atoms with Crippen LogP contribution in [-0.2, 0) is 0 Å². The smallest absolute Gasteiger partial charge is 0.178 e. The summed E-state index contributed by atoms with van der Waals surface area (Å²) in [7, 11) is 0. The molecule has 0 aliphatic rings. The van der Waals surface area contributed by atoms with Crippen LogP contribution < -0.4 is 0 Å². The van der Waals surface area contributed by atoms with Gasteiger partial charge in [0.15, 0.2) is 18.1 Å². The molecule has 0 radical (unpaired) electrons. The minimum absolute atomic E-state index is 1.04. The molecule has 0 atom stereocenters. The summed E-state index contributed by atoms with van der Waals surface area (Å²) in [5, 5.41) is 0. The highest BCUT2D eigenvalue weighted by molar-refractivity contribution is 6.95. The second kappa shape index (κ2) is 1.71. The maximum absolute atomic E-state index is 4.29. The Morgan fingerprint density at radius 2 is 2.67 bits per heavy atom. The van der Waals surface area contributed by atoms with Gasteiger partial charge >= 0.3 is 0 Å². The van der Waals surface area contributed by atoms with E-state index < -0.39 is 0 Å². The van der Waals surface area contributed by atoms with Gasteiger partial charge in [0.2, 0.25) is 0 Å². The normalized spacial score (nSPS) is 8.00. The zero-order valence-electron chi connectivity index (χ0n) is 2.88. The average Bonchev–Trinajstić information content (AvgIpc) is 1.72. The molecule has 0 saturated carbocycles. The van der Waals surface area contributed by atoms with E-state index in [1.165, 1.54) is 6.26 Å². The van der Waals surface area contributed by atoms with Crippen molar-refractivity contribution in [3.05, 3.63) is 12.5 Å². The third kappa shape index (κ3) is 0.651. The number of hydrogen-bond donors (Lipinski definition) is 1. The van der Waals surface area contributed by atoms with Crippen LogP contribution in [-0.4, -0.2) is 4.37 Å². The van der Waals surface area contributed by atoms with Crippen molar-refractivity contribution < 1.29 is 8.58 Å². The Morgan fingerprint density at radius 1 is 1.67 bits per heavy atom. The molecule has 0 saturated heterocycles. The topological polar surface area (TPSA) is 42.1 Å². The zero-order chi connectivity index (χ0) is 4.24. The van der Waals surface area contributed by atoms with Crippen LogP contribution in [0.1, 0.15) is 0 Å².